The second-order valence-corrected chi connectivity index (χ2v) is 5.05. The van der Waals surface area contributed by atoms with Gasteiger partial charge >= 0.3 is 5.97 Å². The van der Waals surface area contributed by atoms with Crippen molar-refractivity contribution in [3.63, 3.8) is 0 Å². The number of aromatic nitrogens is 2. The lowest BCUT2D eigenvalue weighted by atomic mass is 10.2. The number of benzene rings is 1. The topological polar surface area (TPSA) is 70.1 Å². The second-order valence-electron chi connectivity index (χ2n) is 4.27. The van der Waals surface area contributed by atoms with Crippen LogP contribution in [0.3, 0.4) is 0 Å². The molecule has 0 spiro atoms. The highest BCUT2D eigenvalue weighted by molar-refractivity contribution is 6.43. The third-order valence-electron chi connectivity index (χ3n) is 2.67. The largest absolute Gasteiger partial charge is 0.462 e. The van der Waals surface area contributed by atoms with Gasteiger partial charge in [0.25, 0.3) is 0 Å². The normalized spacial score (nSPS) is 10.6. The molecule has 1 heterocycles. The van der Waals surface area contributed by atoms with Gasteiger partial charge in [0.2, 0.25) is 0 Å². The number of ether oxygens (including phenoxy) is 1. The van der Waals surface area contributed by atoms with Crippen molar-refractivity contribution in [2.75, 3.05) is 12.3 Å². The van der Waals surface area contributed by atoms with E-state index in [-0.39, 0.29) is 27.9 Å². The molecule has 0 aliphatic carbocycles. The Morgan fingerprint density at radius 1 is 1.45 bits per heavy atom. The summed E-state index contributed by atoms with van der Waals surface area (Å²) in [6.07, 6.45) is 4.19. The molecule has 1 aromatic carbocycles. The Morgan fingerprint density at radius 2 is 2.20 bits per heavy atom. The Morgan fingerprint density at radius 3 is 2.80 bits per heavy atom. The molecule has 20 heavy (non-hydrogen) atoms. The minimum Gasteiger partial charge on any atom is -0.462 e. The molecule has 7 heteroatoms. The molecule has 106 valence electrons. The van der Waals surface area contributed by atoms with Crippen LogP contribution < -0.4 is 5.73 Å². The highest BCUT2D eigenvalue weighted by Crippen LogP contribution is 2.29. The molecule has 0 radical (unpaired) electrons. The molecule has 1 aromatic heterocycles. The van der Waals surface area contributed by atoms with E-state index in [0.29, 0.717) is 6.42 Å². The van der Waals surface area contributed by atoms with Gasteiger partial charge in [-0.25, -0.2) is 4.79 Å². The first-order chi connectivity index (χ1) is 9.47. The van der Waals surface area contributed by atoms with Crippen LogP contribution in [0.2, 0.25) is 10.0 Å². The lowest BCUT2D eigenvalue weighted by molar-refractivity contribution is 0.0509. The number of hydrogen-bond donors (Lipinski definition) is 1. The van der Waals surface area contributed by atoms with E-state index >= 15 is 0 Å². The average molecular weight is 314 g/mol. The lowest BCUT2D eigenvalue weighted by Crippen LogP contribution is -2.08. The van der Waals surface area contributed by atoms with Crippen molar-refractivity contribution >= 4 is 34.9 Å². The van der Waals surface area contributed by atoms with E-state index in [1.165, 1.54) is 12.1 Å². The van der Waals surface area contributed by atoms with Gasteiger partial charge in [-0.3, -0.25) is 4.68 Å². The molecule has 0 unspecified atom stereocenters. The number of carbonyl (C=O) groups excluding carboxylic acids is 1. The summed E-state index contributed by atoms with van der Waals surface area (Å²) in [6, 6.07) is 2.88. The summed E-state index contributed by atoms with van der Waals surface area (Å²) >= 11 is 11.7. The molecule has 0 bridgehead atoms. The fourth-order valence-electron chi connectivity index (χ4n) is 1.67. The van der Waals surface area contributed by atoms with E-state index in [4.69, 9.17) is 33.7 Å². The van der Waals surface area contributed by atoms with Crippen LogP contribution in [-0.2, 0) is 18.2 Å². The van der Waals surface area contributed by atoms with Gasteiger partial charge in [0.05, 0.1) is 34.1 Å². The molecule has 0 aliphatic heterocycles. The van der Waals surface area contributed by atoms with Crippen LogP contribution in [0, 0.1) is 0 Å². The minimum absolute atomic E-state index is 0.228. The van der Waals surface area contributed by atoms with Gasteiger partial charge in [-0.05, 0) is 17.7 Å². The first kappa shape index (κ1) is 14.7. The third kappa shape index (κ3) is 3.43. The van der Waals surface area contributed by atoms with Gasteiger partial charge in [0.1, 0.15) is 0 Å². The Hall–Kier alpha value is -1.72. The van der Waals surface area contributed by atoms with Crippen molar-refractivity contribution in [2.24, 2.45) is 7.05 Å². The van der Waals surface area contributed by atoms with E-state index in [9.17, 15) is 4.79 Å². The number of carbonyl (C=O) groups is 1. The van der Waals surface area contributed by atoms with Crippen LogP contribution in [0.1, 0.15) is 15.9 Å². The number of aryl methyl sites for hydroxylation is 1. The molecular formula is C13H13Cl2N3O2. The van der Waals surface area contributed by atoms with Gasteiger partial charge in [0, 0.05) is 19.7 Å². The maximum absolute atomic E-state index is 11.9. The number of nitrogens with two attached hydrogens (primary N) is 1. The van der Waals surface area contributed by atoms with Crippen molar-refractivity contribution in [1.29, 1.82) is 0 Å². The van der Waals surface area contributed by atoms with Gasteiger partial charge in [-0.1, -0.05) is 23.2 Å². The van der Waals surface area contributed by atoms with Gasteiger partial charge in [-0.15, -0.1) is 0 Å². The van der Waals surface area contributed by atoms with Crippen LogP contribution in [0.4, 0.5) is 5.69 Å². The van der Waals surface area contributed by atoms with E-state index < -0.39 is 5.97 Å². The lowest BCUT2D eigenvalue weighted by Gasteiger charge is -2.07. The zero-order chi connectivity index (χ0) is 14.7. The van der Waals surface area contributed by atoms with Crippen molar-refractivity contribution in [2.45, 2.75) is 6.42 Å². The first-order valence-electron chi connectivity index (χ1n) is 5.86. The Bertz CT molecular complexity index is 617. The van der Waals surface area contributed by atoms with Gasteiger partial charge < -0.3 is 10.5 Å². The van der Waals surface area contributed by atoms with Gasteiger partial charge in [0.15, 0.2) is 0 Å². The van der Waals surface area contributed by atoms with E-state index in [0.717, 1.165) is 5.56 Å². The van der Waals surface area contributed by atoms with Crippen molar-refractivity contribution in [3.8, 4) is 0 Å². The summed E-state index contributed by atoms with van der Waals surface area (Å²) in [5.74, 6) is -0.487. The molecule has 0 amide bonds. The number of anilines is 1. The number of rotatable bonds is 4. The maximum Gasteiger partial charge on any atom is 0.338 e. The molecule has 5 nitrogen and oxygen atoms in total. The Labute approximate surface area is 126 Å². The zero-order valence-electron chi connectivity index (χ0n) is 10.8. The molecule has 2 aromatic rings. The molecular weight excluding hydrogens is 301 g/mol. The number of halogens is 2. The van der Waals surface area contributed by atoms with Crippen LogP contribution in [-0.4, -0.2) is 22.4 Å². The smallest absolute Gasteiger partial charge is 0.338 e. The molecule has 2 rings (SSSR count). The van der Waals surface area contributed by atoms with E-state index in [1.54, 1.807) is 10.9 Å². The summed E-state index contributed by atoms with van der Waals surface area (Å²) in [7, 11) is 1.83. The molecule has 0 fully saturated rings. The van der Waals surface area contributed by atoms with Crippen LogP contribution in [0.15, 0.2) is 24.5 Å². The molecule has 0 saturated carbocycles. The number of nitrogens with zero attached hydrogens (tertiary/aromatic N) is 2. The van der Waals surface area contributed by atoms with Crippen molar-refractivity contribution in [3.05, 3.63) is 45.7 Å². The fraction of sp³-hybridized carbons (Fsp3) is 0.231. The number of nitrogen functional groups attached to an aromatic ring is 1. The maximum atomic E-state index is 11.9. The van der Waals surface area contributed by atoms with Crippen molar-refractivity contribution < 1.29 is 9.53 Å². The van der Waals surface area contributed by atoms with Crippen molar-refractivity contribution in [1.82, 2.24) is 9.78 Å². The zero-order valence-corrected chi connectivity index (χ0v) is 12.3. The standard InChI is InChI=1S/C13H13Cl2N3O2/c1-18-7-8(6-17-18)2-3-20-13(19)9-4-10(14)12(15)11(16)5-9/h4-7H,2-3,16H2,1H3. The monoisotopic (exact) mass is 313 g/mol. The molecule has 2 N–H and O–H groups in total. The fourth-order valence-corrected chi connectivity index (χ4v) is 2.01. The van der Waals surface area contributed by atoms with E-state index in [2.05, 4.69) is 5.10 Å². The summed E-state index contributed by atoms with van der Waals surface area (Å²) in [5, 5.41) is 4.50. The minimum atomic E-state index is -0.487. The van der Waals surface area contributed by atoms with Crippen LogP contribution in [0.5, 0.6) is 0 Å². The number of hydrogen-bond acceptors (Lipinski definition) is 4. The predicted molar refractivity (Wildman–Crippen MR) is 78.1 cm³/mol. The Kier molecular flexibility index (Phi) is 4.52. The van der Waals surface area contributed by atoms with E-state index in [1.807, 2.05) is 13.2 Å². The van der Waals surface area contributed by atoms with Crippen LogP contribution in [0.25, 0.3) is 0 Å². The number of esters is 1. The first-order valence-corrected chi connectivity index (χ1v) is 6.62. The molecule has 0 saturated heterocycles. The van der Waals surface area contributed by atoms with Crippen LogP contribution >= 0.6 is 23.2 Å². The summed E-state index contributed by atoms with van der Waals surface area (Å²) in [4.78, 5) is 11.9. The third-order valence-corrected chi connectivity index (χ3v) is 3.49. The molecule has 0 aliphatic rings. The predicted octanol–water partition coefficient (Wildman–Crippen LogP) is 2.71. The quantitative estimate of drug-likeness (QED) is 0.696. The summed E-state index contributed by atoms with van der Waals surface area (Å²) < 4.78 is 6.85. The SMILES string of the molecule is Cn1cc(CCOC(=O)c2cc(N)c(Cl)c(Cl)c2)cn1. The second kappa shape index (κ2) is 6.15. The average Bonchev–Trinajstić information content (AvgIpc) is 2.81. The molecule has 0 atom stereocenters. The highest BCUT2D eigenvalue weighted by Gasteiger charge is 2.12. The summed E-state index contributed by atoms with van der Waals surface area (Å²) in [5.41, 5.74) is 7.17. The highest BCUT2D eigenvalue weighted by atomic mass is 35.5. The van der Waals surface area contributed by atoms with Gasteiger partial charge in [-0.2, -0.15) is 5.10 Å². The Balaban J connectivity index is 1.95. The summed E-state index contributed by atoms with van der Waals surface area (Å²) in [6.45, 7) is 0.255.